The van der Waals surface area contributed by atoms with Crippen LogP contribution in [-0.2, 0) is 12.1 Å². The zero-order valence-corrected chi connectivity index (χ0v) is 12.2. The first-order valence-electron chi connectivity index (χ1n) is 6.75. The molecular formula is C14H16F2N6O. The molecule has 23 heavy (non-hydrogen) atoms. The topological polar surface area (TPSA) is 102 Å². The van der Waals surface area contributed by atoms with E-state index in [0.717, 1.165) is 12.6 Å². The van der Waals surface area contributed by atoms with Gasteiger partial charge >= 0.3 is 0 Å². The zero-order valence-electron chi connectivity index (χ0n) is 12.2. The summed E-state index contributed by atoms with van der Waals surface area (Å²) in [5.74, 6) is -1.56. The quantitative estimate of drug-likeness (QED) is 0.856. The van der Waals surface area contributed by atoms with Crippen molar-refractivity contribution in [2.45, 2.75) is 12.1 Å². The highest BCUT2D eigenvalue weighted by molar-refractivity contribution is 5.79. The van der Waals surface area contributed by atoms with Crippen molar-refractivity contribution in [3.63, 3.8) is 0 Å². The Morgan fingerprint density at radius 1 is 1.35 bits per heavy atom. The van der Waals surface area contributed by atoms with Crippen LogP contribution in [0.3, 0.4) is 0 Å². The average Bonchev–Trinajstić information content (AvgIpc) is 3.23. The first-order valence-corrected chi connectivity index (χ1v) is 6.75. The summed E-state index contributed by atoms with van der Waals surface area (Å²) in [4.78, 5) is 11.1. The predicted molar refractivity (Wildman–Crippen MR) is 81.2 cm³/mol. The second-order valence-electron chi connectivity index (χ2n) is 4.77. The number of aliphatic imine (C=N–C) groups is 2. The molecule has 1 aromatic carbocycles. The van der Waals surface area contributed by atoms with E-state index in [-0.39, 0.29) is 18.7 Å². The van der Waals surface area contributed by atoms with Crippen LogP contribution in [-0.4, -0.2) is 45.5 Å². The maximum absolute atomic E-state index is 13.7. The molecule has 3 rings (SSSR count). The van der Waals surface area contributed by atoms with Crippen LogP contribution < -0.4 is 5.73 Å². The molecule has 0 bridgehead atoms. The molecule has 0 fully saturated rings. The van der Waals surface area contributed by atoms with E-state index >= 15 is 0 Å². The number of nitrogens with zero attached hydrogens (tertiary/aromatic N) is 5. The molecule has 0 saturated carbocycles. The lowest BCUT2D eigenvalue weighted by Crippen LogP contribution is -2.40. The molecule has 1 aliphatic rings. The molecule has 0 amide bonds. The lowest BCUT2D eigenvalue weighted by Gasteiger charge is -2.27. The van der Waals surface area contributed by atoms with Gasteiger partial charge in [-0.25, -0.2) is 23.4 Å². The second-order valence-corrected chi connectivity index (χ2v) is 4.77. The maximum Gasteiger partial charge on any atom is 0.137 e. The SMILES string of the molecule is C1=NC=NC1.NCC(O)(Cn1cncn1)c1ccc(F)cc1F. The summed E-state index contributed by atoms with van der Waals surface area (Å²) in [6, 6.07) is 2.95. The second kappa shape index (κ2) is 7.65. The van der Waals surface area contributed by atoms with Crippen LogP contribution in [0.4, 0.5) is 8.78 Å². The fourth-order valence-corrected chi connectivity index (χ4v) is 1.94. The fourth-order valence-electron chi connectivity index (χ4n) is 1.94. The minimum atomic E-state index is -1.66. The third-order valence-electron chi connectivity index (χ3n) is 3.10. The van der Waals surface area contributed by atoms with Gasteiger partial charge in [0.1, 0.15) is 36.2 Å². The molecular weight excluding hydrogens is 306 g/mol. The lowest BCUT2D eigenvalue weighted by atomic mass is 9.93. The highest BCUT2D eigenvalue weighted by atomic mass is 19.1. The van der Waals surface area contributed by atoms with E-state index in [1.165, 1.54) is 23.4 Å². The molecule has 0 radical (unpaired) electrons. The van der Waals surface area contributed by atoms with Crippen molar-refractivity contribution >= 4 is 12.6 Å². The molecule has 7 nitrogen and oxygen atoms in total. The van der Waals surface area contributed by atoms with Gasteiger partial charge in [0.25, 0.3) is 0 Å². The van der Waals surface area contributed by atoms with Gasteiger partial charge in [0.15, 0.2) is 0 Å². The highest BCUT2D eigenvalue weighted by Gasteiger charge is 2.31. The Balaban J connectivity index is 0.000000326. The molecule has 3 N–H and O–H groups in total. The average molecular weight is 322 g/mol. The van der Waals surface area contributed by atoms with Crippen LogP contribution in [0.15, 0.2) is 40.8 Å². The number of hydrogen-bond donors (Lipinski definition) is 2. The van der Waals surface area contributed by atoms with Crippen LogP contribution >= 0.6 is 0 Å². The van der Waals surface area contributed by atoms with Gasteiger partial charge in [-0.05, 0) is 6.07 Å². The fraction of sp³-hybridized carbons (Fsp3) is 0.286. The Bertz CT molecular complexity index is 679. The van der Waals surface area contributed by atoms with Gasteiger partial charge in [-0.3, -0.25) is 4.99 Å². The molecule has 1 unspecified atom stereocenters. The minimum Gasteiger partial charge on any atom is -0.382 e. The number of nitrogens with two attached hydrogens (primary N) is 1. The van der Waals surface area contributed by atoms with Gasteiger partial charge in [-0.15, -0.1) is 0 Å². The number of rotatable bonds is 4. The number of aliphatic hydroxyl groups is 1. The third kappa shape index (κ3) is 4.47. The molecule has 0 aliphatic carbocycles. The van der Waals surface area contributed by atoms with E-state index < -0.39 is 17.2 Å². The van der Waals surface area contributed by atoms with Crippen LogP contribution in [0.2, 0.25) is 0 Å². The van der Waals surface area contributed by atoms with Gasteiger partial charge in [0, 0.05) is 24.4 Å². The van der Waals surface area contributed by atoms with Crippen LogP contribution in [0, 0.1) is 11.6 Å². The van der Waals surface area contributed by atoms with Gasteiger partial charge in [0.2, 0.25) is 0 Å². The summed E-state index contributed by atoms with van der Waals surface area (Å²) in [5, 5.41) is 14.2. The third-order valence-corrected chi connectivity index (χ3v) is 3.10. The first kappa shape index (κ1) is 16.8. The summed E-state index contributed by atoms with van der Waals surface area (Å²) in [5.41, 5.74) is 3.76. The molecule has 1 aromatic heterocycles. The standard InChI is InChI=1S/C11H12F2N4O.C3H4N2/c12-8-1-2-9(10(13)3-8)11(18,4-14)5-17-7-15-6-16-17;1-2-5-3-4-1/h1-3,6-7,18H,4-5,14H2;1,3H,2H2. The van der Waals surface area contributed by atoms with Crippen LogP contribution in [0.5, 0.6) is 0 Å². The number of halogens is 2. The van der Waals surface area contributed by atoms with Crippen molar-refractivity contribution in [1.82, 2.24) is 14.8 Å². The van der Waals surface area contributed by atoms with Crippen molar-refractivity contribution in [2.75, 3.05) is 13.1 Å². The summed E-state index contributed by atoms with van der Waals surface area (Å²) in [6.07, 6.45) is 5.99. The normalized spacial score (nSPS) is 15.1. The summed E-state index contributed by atoms with van der Waals surface area (Å²) in [6.45, 7) is 0.488. The van der Waals surface area contributed by atoms with Gasteiger partial charge in [0.05, 0.1) is 13.1 Å². The van der Waals surface area contributed by atoms with E-state index in [1.807, 2.05) is 0 Å². The lowest BCUT2D eigenvalue weighted by molar-refractivity contribution is 0.0205. The number of benzene rings is 1. The summed E-state index contributed by atoms with van der Waals surface area (Å²) in [7, 11) is 0. The van der Waals surface area contributed by atoms with Gasteiger partial charge in [-0.2, -0.15) is 5.10 Å². The number of hydrogen-bond acceptors (Lipinski definition) is 6. The van der Waals surface area contributed by atoms with E-state index in [0.29, 0.717) is 6.07 Å². The molecule has 2 aromatic rings. The van der Waals surface area contributed by atoms with E-state index in [9.17, 15) is 13.9 Å². The van der Waals surface area contributed by atoms with Crippen molar-refractivity contribution in [1.29, 1.82) is 0 Å². The minimum absolute atomic E-state index is 0.0634. The van der Waals surface area contributed by atoms with Gasteiger partial charge < -0.3 is 10.8 Å². The van der Waals surface area contributed by atoms with Crippen LogP contribution in [0.1, 0.15) is 5.56 Å². The van der Waals surface area contributed by atoms with Crippen molar-refractivity contribution in [3.8, 4) is 0 Å². The molecule has 0 saturated heterocycles. The first-order chi connectivity index (χ1) is 11.0. The summed E-state index contributed by atoms with van der Waals surface area (Å²) < 4.78 is 27.8. The Morgan fingerprint density at radius 2 is 2.17 bits per heavy atom. The largest absolute Gasteiger partial charge is 0.382 e. The molecule has 122 valence electrons. The van der Waals surface area contributed by atoms with Crippen LogP contribution in [0.25, 0.3) is 0 Å². The smallest absolute Gasteiger partial charge is 0.137 e. The highest BCUT2D eigenvalue weighted by Crippen LogP contribution is 2.25. The van der Waals surface area contributed by atoms with Crippen molar-refractivity contribution < 1.29 is 13.9 Å². The molecule has 2 heterocycles. The molecule has 9 heteroatoms. The van der Waals surface area contributed by atoms with E-state index in [1.54, 1.807) is 12.6 Å². The Kier molecular flexibility index (Phi) is 5.61. The van der Waals surface area contributed by atoms with Crippen molar-refractivity contribution in [3.05, 3.63) is 48.1 Å². The monoisotopic (exact) mass is 322 g/mol. The van der Waals surface area contributed by atoms with E-state index in [4.69, 9.17) is 5.73 Å². The number of aromatic nitrogens is 3. The molecule has 1 atom stereocenters. The Labute approximate surface area is 131 Å². The maximum atomic E-state index is 13.7. The Morgan fingerprint density at radius 3 is 2.65 bits per heavy atom. The Hall–Kier alpha value is -2.52. The molecule has 0 spiro atoms. The van der Waals surface area contributed by atoms with E-state index in [2.05, 4.69) is 20.1 Å². The summed E-state index contributed by atoms with van der Waals surface area (Å²) >= 11 is 0. The van der Waals surface area contributed by atoms with Gasteiger partial charge in [-0.1, -0.05) is 6.07 Å². The zero-order chi connectivity index (χ0) is 16.7. The molecule has 1 aliphatic heterocycles. The van der Waals surface area contributed by atoms with Crippen molar-refractivity contribution in [2.24, 2.45) is 15.7 Å². The predicted octanol–water partition coefficient (Wildman–Crippen LogP) is 0.502.